The summed E-state index contributed by atoms with van der Waals surface area (Å²) in [5, 5.41) is 2.81. The second-order valence-corrected chi connectivity index (χ2v) is 6.11. The lowest BCUT2D eigenvalue weighted by Crippen LogP contribution is -2.35. The number of amides is 1. The maximum atomic E-state index is 12.9. The average molecular weight is 355 g/mol. The number of hydrogen-bond acceptors (Lipinski definition) is 4. The summed E-state index contributed by atoms with van der Waals surface area (Å²) in [6, 6.07) is 11.8. The third-order valence-corrected chi connectivity index (χ3v) is 4.05. The Morgan fingerprint density at radius 2 is 1.96 bits per heavy atom. The summed E-state index contributed by atoms with van der Waals surface area (Å²) in [4.78, 5) is 18.9. The molecule has 1 aromatic heterocycles. The van der Waals surface area contributed by atoms with Crippen molar-refractivity contribution in [1.29, 1.82) is 0 Å². The number of ether oxygens (including phenoxy) is 1. The van der Waals surface area contributed by atoms with Crippen LogP contribution in [0, 0.1) is 5.82 Å². The quantitative estimate of drug-likeness (QED) is 0.865. The number of hydrogen-bond donors (Lipinski definition) is 1. The second kappa shape index (κ2) is 9.22. The largest absolute Gasteiger partial charge is 0.379 e. The lowest BCUT2D eigenvalue weighted by molar-refractivity contribution is -0.115. The predicted molar refractivity (Wildman–Crippen MR) is 99.0 cm³/mol. The van der Waals surface area contributed by atoms with Crippen molar-refractivity contribution in [3.63, 3.8) is 0 Å². The molecule has 2 heterocycles. The van der Waals surface area contributed by atoms with Crippen LogP contribution in [-0.4, -0.2) is 42.1 Å². The standard InChI is InChI=1S/C20H22FN3O2/c21-17-9-7-16(8-10-17)3-1-6-20(25)23-19-5-2-4-18(22-19)15-24-11-13-26-14-12-24/h1-5,7-10H,6,11-15H2,(H,22,23,25)/b3-1+. The summed E-state index contributed by atoms with van der Waals surface area (Å²) in [6.07, 6.45) is 3.77. The number of nitrogens with zero attached hydrogens (tertiary/aromatic N) is 2. The number of benzene rings is 1. The van der Waals surface area contributed by atoms with Crippen LogP contribution in [0.5, 0.6) is 0 Å². The number of rotatable bonds is 6. The van der Waals surface area contributed by atoms with Crippen LogP contribution in [0.2, 0.25) is 0 Å². The Morgan fingerprint density at radius 1 is 1.19 bits per heavy atom. The van der Waals surface area contributed by atoms with Crippen LogP contribution in [0.25, 0.3) is 6.08 Å². The average Bonchev–Trinajstić information content (AvgIpc) is 2.64. The van der Waals surface area contributed by atoms with Crippen molar-refractivity contribution in [2.75, 3.05) is 31.6 Å². The Balaban J connectivity index is 1.50. The molecule has 0 saturated carbocycles. The molecule has 1 fully saturated rings. The number of carbonyl (C=O) groups is 1. The van der Waals surface area contributed by atoms with Crippen LogP contribution >= 0.6 is 0 Å². The van der Waals surface area contributed by atoms with Crippen LogP contribution < -0.4 is 5.32 Å². The van der Waals surface area contributed by atoms with E-state index in [1.807, 2.05) is 12.1 Å². The minimum absolute atomic E-state index is 0.139. The van der Waals surface area contributed by atoms with Gasteiger partial charge in [-0.3, -0.25) is 9.69 Å². The molecule has 0 unspecified atom stereocenters. The number of anilines is 1. The number of halogens is 1. The molecule has 1 amide bonds. The van der Waals surface area contributed by atoms with Gasteiger partial charge in [0.15, 0.2) is 0 Å². The van der Waals surface area contributed by atoms with Crippen LogP contribution in [0.1, 0.15) is 17.7 Å². The molecule has 26 heavy (non-hydrogen) atoms. The predicted octanol–water partition coefficient (Wildman–Crippen LogP) is 3.09. The highest BCUT2D eigenvalue weighted by molar-refractivity contribution is 5.91. The van der Waals surface area contributed by atoms with E-state index in [2.05, 4.69) is 15.2 Å². The third-order valence-electron chi connectivity index (χ3n) is 4.05. The Bertz CT molecular complexity index is 756. The van der Waals surface area contributed by atoms with Gasteiger partial charge in [0.2, 0.25) is 5.91 Å². The molecule has 0 atom stereocenters. The Kier molecular flexibility index (Phi) is 6.46. The van der Waals surface area contributed by atoms with Crippen molar-refractivity contribution in [1.82, 2.24) is 9.88 Å². The van der Waals surface area contributed by atoms with Gasteiger partial charge in [-0.05, 0) is 29.8 Å². The zero-order valence-corrected chi connectivity index (χ0v) is 14.5. The molecule has 0 spiro atoms. The van der Waals surface area contributed by atoms with Crippen molar-refractivity contribution < 1.29 is 13.9 Å². The van der Waals surface area contributed by atoms with E-state index < -0.39 is 0 Å². The summed E-state index contributed by atoms with van der Waals surface area (Å²) in [6.45, 7) is 4.03. The Morgan fingerprint density at radius 3 is 2.73 bits per heavy atom. The number of morpholine rings is 1. The van der Waals surface area contributed by atoms with Gasteiger partial charge >= 0.3 is 0 Å². The molecule has 136 valence electrons. The minimum atomic E-state index is -0.275. The Hall–Kier alpha value is -2.57. The van der Waals surface area contributed by atoms with Crippen LogP contribution in [0.3, 0.4) is 0 Å². The first kappa shape index (κ1) is 18.2. The molecular formula is C20H22FN3O2. The van der Waals surface area contributed by atoms with E-state index in [1.165, 1.54) is 12.1 Å². The highest BCUT2D eigenvalue weighted by Crippen LogP contribution is 2.10. The normalized spacial score (nSPS) is 15.3. The summed E-state index contributed by atoms with van der Waals surface area (Å²) in [5.74, 6) is 0.137. The van der Waals surface area contributed by atoms with Gasteiger partial charge in [-0.25, -0.2) is 9.37 Å². The van der Waals surface area contributed by atoms with Crippen molar-refractivity contribution in [3.05, 3.63) is 65.6 Å². The number of nitrogens with one attached hydrogen (secondary N) is 1. The first-order valence-electron chi connectivity index (χ1n) is 8.67. The molecule has 0 radical (unpaired) electrons. The second-order valence-electron chi connectivity index (χ2n) is 6.11. The highest BCUT2D eigenvalue weighted by Gasteiger charge is 2.11. The monoisotopic (exact) mass is 355 g/mol. The van der Waals surface area contributed by atoms with E-state index in [1.54, 1.807) is 30.4 Å². The highest BCUT2D eigenvalue weighted by atomic mass is 19.1. The fraction of sp³-hybridized carbons (Fsp3) is 0.300. The van der Waals surface area contributed by atoms with Gasteiger partial charge in [0.25, 0.3) is 0 Å². The van der Waals surface area contributed by atoms with E-state index in [9.17, 15) is 9.18 Å². The van der Waals surface area contributed by atoms with Gasteiger partial charge in [-0.2, -0.15) is 0 Å². The number of carbonyl (C=O) groups excluding carboxylic acids is 1. The minimum Gasteiger partial charge on any atom is -0.379 e. The SMILES string of the molecule is O=C(C/C=C/c1ccc(F)cc1)Nc1cccc(CN2CCOCC2)n1. The smallest absolute Gasteiger partial charge is 0.229 e. The first-order valence-corrected chi connectivity index (χ1v) is 8.67. The lowest BCUT2D eigenvalue weighted by Gasteiger charge is -2.26. The fourth-order valence-electron chi connectivity index (χ4n) is 2.70. The molecule has 2 aromatic rings. The van der Waals surface area contributed by atoms with Crippen molar-refractivity contribution in [3.8, 4) is 0 Å². The summed E-state index contributed by atoms with van der Waals surface area (Å²) in [5.41, 5.74) is 1.77. The molecule has 1 aromatic carbocycles. The maximum absolute atomic E-state index is 12.9. The van der Waals surface area contributed by atoms with Gasteiger partial charge in [0, 0.05) is 26.1 Å². The van der Waals surface area contributed by atoms with Gasteiger partial charge in [-0.15, -0.1) is 0 Å². The molecule has 6 heteroatoms. The third kappa shape index (κ3) is 5.75. The van der Waals surface area contributed by atoms with E-state index >= 15 is 0 Å². The van der Waals surface area contributed by atoms with Gasteiger partial charge < -0.3 is 10.1 Å². The van der Waals surface area contributed by atoms with E-state index in [0.717, 1.165) is 44.1 Å². The van der Waals surface area contributed by atoms with Crippen LogP contribution in [0.15, 0.2) is 48.5 Å². The lowest BCUT2D eigenvalue weighted by atomic mass is 10.2. The molecule has 1 aliphatic heterocycles. The molecule has 1 aliphatic rings. The molecular weight excluding hydrogens is 333 g/mol. The molecule has 0 bridgehead atoms. The van der Waals surface area contributed by atoms with Gasteiger partial charge in [0.1, 0.15) is 11.6 Å². The van der Waals surface area contributed by atoms with Gasteiger partial charge in [-0.1, -0.05) is 30.4 Å². The number of aromatic nitrogens is 1. The Labute approximate surface area is 152 Å². The van der Waals surface area contributed by atoms with Crippen LogP contribution in [-0.2, 0) is 16.1 Å². The van der Waals surface area contributed by atoms with Crippen molar-refractivity contribution in [2.45, 2.75) is 13.0 Å². The van der Waals surface area contributed by atoms with Gasteiger partial charge in [0.05, 0.1) is 18.9 Å². The summed E-state index contributed by atoms with van der Waals surface area (Å²) >= 11 is 0. The molecule has 0 aliphatic carbocycles. The maximum Gasteiger partial charge on any atom is 0.229 e. The zero-order valence-electron chi connectivity index (χ0n) is 14.5. The van der Waals surface area contributed by atoms with E-state index in [4.69, 9.17) is 4.74 Å². The summed E-state index contributed by atoms with van der Waals surface area (Å²) < 4.78 is 18.2. The van der Waals surface area contributed by atoms with E-state index in [0.29, 0.717) is 5.82 Å². The summed E-state index contributed by atoms with van der Waals surface area (Å²) in [7, 11) is 0. The molecule has 5 nitrogen and oxygen atoms in total. The molecule has 3 rings (SSSR count). The van der Waals surface area contributed by atoms with E-state index in [-0.39, 0.29) is 18.1 Å². The van der Waals surface area contributed by atoms with Crippen molar-refractivity contribution >= 4 is 17.8 Å². The zero-order chi connectivity index (χ0) is 18.2. The molecule has 1 N–H and O–H groups in total. The first-order chi connectivity index (χ1) is 12.7. The van der Waals surface area contributed by atoms with Crippen molar-refractivity contribution in [2.24, 2.45) is 0 Å². The topological polar surface area (TPSA) is 54.5 Å². The molecule has 1 saturated heterocycles. The fourth-order valence-corrected chi connectivity index (χ4v) is 2.70. The van der Waals surface area contributed by atoms with Crippen LogP contribution in [0.4, 0.5) is 10.2 Å². The number of pyridine rings is 1.